The Kier molecular flexibility index (Phi) is 5.73. The van der Waals surface area contributed by atoms with Gasteiger partial charge in [0.2, 0.25) is 0 Å². The number of benzene rings is 2. The second kappa shape index (κ2) is 8.07. The Morgan fingerprint density at radius 2 is 1.97 bits per heavy atom. The molecule has 0 unspecified atom stereocenters. The van der Waals surface area contributed by atoms with E-state index in [-0.39, 0.29) is 16.9 Å². The number of hydrogen-bond acceptors (Lipinski definition) is 4. The Labute approximate surface area is 170 Å². The van der Waals surface area contributed by atoms with Crippen molar-refractivity contribution in [2.45, 2.75) is 39.7 Å². The van der Waals surface area contributed by atoms with Crippen LogP contribution >= 0.6 is 0 Å². The molecule has 152 valence electrons. The summed E-state index contributed by atoms with van der Waals surface area (Å²) in [6, 6.07) is 9.61. The van der Waals surface area contributed by atoms with Gasteiger partial charge in [-0.3, -0.25) is 5.43 Å². The van der Waals surface area contributed by atoms with Crippen molar-refractivity contribution in [2.75, 3.05) is 16.9 Å². The minimum Gasteiger partial charge on any atom is -0.478 e. The number of allylic oxidation sites excluding steroid dienone is 1. The molecular formula is C23H26FN3O2. The van der Waals surface area contributed by atoms with Crippen LogP contribution in [0.4, 0.5) is 15.8 Å². The zero-order chi connectivity index (χ0) is 21.2. The molecule has 2 aromatic carbocycles. The molecule has 6 heteroatoms. The van der Waals surface area contributed by atoms with E-state index in [4.69, 9.17) is 5.11 Å². The maximum atomic E-state index is 14.8. The summed E-state index contributed by atoms with van der Waals surface area (Å²) in [5.41, 5.74) is 6.87. The van der Waals surface area contributed by atoms with Crippen LogP contribution < -0.4 is 10.3 Å². The Morgan fingerprint density at radius 1 is 1.28 bits per heavy atom. The number of nitrogens with zero attached hydrogens (tertiary/aromatic N) is 2. The molecule has 0 atom stereocenters. The van der Waals surface area contributed by atoms with E-state index < -0.39 is 5.97 Å². The lowest BCUT2D eigenvalue weighted by Gasteiger charge is -2.43. The number of carbonyl (C=O) groups is 1. The van der Waals surface area contributed by atoms with E-state index in [1.54, 1.807) is 18.2 Å². The Bertz CT molecular complexity index is 978. The van der Waals surface area contributed by atoms with E-state index >= 15 is 0 Å². The smallest absolute Gasteiger partial charge is 0.335 e. The zero-order valence-electron chi connectivity index (χ0n) is 17.2. The first-order valence-corrected chi connectivity index (χ1v) is 9.66. The number of carboxylic acids is 1. The second-order valence-corrected chi connectivity index (χ2v) is 7.78. The molecule has 0 radical (unpaired) electrons. The molecule has 0 amide bonds. The second-order valence-electron chi connectivity index (χ2n) is 7.78. The third kappa shape index (κ3) is 4.31. The monoisotopic (exact) mass is 395 g/mol. The van der Waals surface area contributed by atoms with Gasteiger partial charge >= 0.3 is 5.97 Å². The molecule has 1 heterocycles. The van der Waals surface area contributed by atoms with Crippen molar-refractivity contribution < 1.29 is 14.3 Å². The van der Waals surface area contributed by atoms with E-state index in [2.05, 4.69) is 42.3 Å². The van der Waals surface area contributed by atoms with Crippen LogP contribution in [0.1, 0.15) is 55.6 Å². The number of hydrogen-bond donors (Lipinski definition) is 2. The number of halogens is 1. The van der Waals surface area contributed by atoms with E-state index in [9.17, 15) is 9.18 Å². The van der Waals surface area contributed by atoms with Gasteiger partial charge in [-0.25, -0.2) is 9.18 Å². The van der Waals surface area contributed by atoms with Crippen LogP contribution in [0.5, 0.6) is 0 Å². The predicted octanol–water partition coefficient (Wildman–Crippen LogP) is 5.38. The highest BCUT2D eigenvalue weighted by atomic mass is 19.1. The molecular weight excluding hydrogens is 369 g/mol. The summed E-state index contributed by atoms with van der Waals surface area (Å²) < 4.78 is 14.8. The van der Waals surface area contributed by atoms with Crippen LogP contribution in [0.2, 0.25) is 0 Å². The number of fused-ring (bicyclic) bond motifs is 1. The largest absolute Gasteiger partial charge is 0.478 e. The highest BCUT2D eigenvalue weighted by Crippen LogP contribution is 2.39. The van der Waals surface area contributed by atoms with Gasteiger partial charge in [0.1, 0.15) is 5.82 Å². The SMILES string of the molecule is CCCN1c2cc(F)c(/C=N/Nc3ccc(C(=O)O)cc3)cc2C(C)=CC1(C)C. The van der Waals surface area contributed by atoms with Gasteiger partial charge in [0.15, 0.2) is 0 Å². The average Bonchev–Trinajstić information content (AvgIpc) is 2.66. The van der Waals surface area contributed by atoms with Crippen molar-refractivity contribution in [2.24, 2.45) is 5.10 Å². The summed E-state index contributed by atoms with van der Waals surface area (Å²) in [6.45, 7) is 9.30. The van der Waals surface area contributed by atoms with Crippen molar-refractivity contribution in [3.05, 3.63) is 65.0 Å². The molecule has 3 rings (SSSR count). The maximum absolute atomic E-state index is 14.8. The third-order valence-corrected chi connectivity index (χ3v) is 5.07. The van der Waals surface area contributed by atoms with Crippen LogP contribution in [0.25, 0.3) is 5.57 Å². The fraction of sp³-hybridized carbons (Fsp3) is 0.304. The molecule has 0 aromatic heterocycles. The lowest BCUT2D eigenvalue weighted by molar-refractivity contribution is 0.0697. The topological polar surface area (TPSA) is 64.9 Å². The predicted molar refractivity (Wildman–Crippen MR) is 116 cm³/mol. The zero-order valence-corrected chi connectivity index (χ0v) is 17.2. The number of rotatable bonds is 6. The van der Waals surface area contributed by atoms with Gasteiger partial charge in [-0.05, 0) is 69.2 Å². The molecule has 0 bridgehead atoms. The van der Waals surface area contributed by atoms with E-state index in [1.807, 2.05) is 13.0 Å². The van der Waals surface area contributed by atoms with Crippen LogP contribution in [0.15, 0.2) is 47.6 Å². The minimum absolute atomic E-state index is 0.168. The van der Waals surface area contributed by atoms with Gasteiger partial charge < -0.3 is 10.0 Å². The minimum atomic E-state index is -0.986. The maximum Gasteiger partial charge on any atom is 0.335 e. The lowest BCUT2D eigenvalue weighted by Crippen LogP contribution is -2.45. The normalized spacial score (nSPS) is 15.2. The summed E-state index contributed by atoms with van der Waals surface area (Å²) in [6.07, 6.45) is 4.63. The third-order valence-electron chi connectivity index (χ3n) is 5.07. The van der Waals surface area contributed by atoms with Gasteiger partial charge in [0, 0.05) is 23.4 Å². The van der Waals surface area contributed by atoms with Crippen LogP contribution in [0, 0.1) is 5.82 Å². The first-order valence-electron chi connectivity index (χ1n) is 9.66. The standard InChI is InChI=1S/C23H26FN3O2/c1-5-10-27-21-12-20(24)17(11-19(21)15(2)13-23(27,3)4)14-25-26-18-8-6-16(7-9-18)22(28)29/h6-9,11-14,26H,5,10H2,1-4H3,(H,28,29)/b25-14+. The van der Waals surface area contributed by atoms with Gasteiger partial charge in [-0.15, -0.1) is 0 Å². The summed E-state index contributed by atoms with van der Waals surface area (Å²) in [4.78, 5) is 13.1. The highest BCUT2D eigenvalue weighted by molar-refractivity contribution is 5.89. The van der Waals surface area contributed by atoms with Gasteiger partial charge in [0.05, 0.1) is 23.0 Å². The first kappa shape index (κ1) is 20.6. The molecule has 0 saturated carbocycles. The molecule has 1 aliphatic rings. The quantitative estimate of drug-likeness (QED) is 0.509. The fourth-order valence-corrected chi connectivity index (χ4v) is 3.71. The highest BCUT2D eigenvalue weighted by Gasteiger charge is 2.31. The van der Waals surface area contributed by atoms with Crippen molar-refractivity contribution in [3.8, 4) is 0 Å². The number of anilines is 2. The molecule has 1 aliphatic heterocycles. The van der Waals surface area contributed by atoms with E-state index in [1.165, 1.54) is 18.3 Å². The molecule has 0 fully saturated rings. The average molecular weight is 395 g/mol. The molecule has 29 heavy (non-hydrogen) atoms. The van der Waals surface area contributed by atoms with Crippen LogP contribution in [-0.4, -0.2) is 29.4 Å². The number of carboxylic acid groups (broad SMARTS) is 1. The molecule has 5 nitrogen and oxygen atoms in total. The van der Waals surface area contributed by atoms with E-state index in [0.29, 0.717) is 11.3 Å². The molecule has 0 spiro atoms. The number of nitrogens with one attached hydrogen (secondary N) is 1. The summed E-state index contributed by atoms with van der Waals surface area (Å²) in [5.74, 6) is -1.32. The lowest BCUT2D eigenvalue weighted by atomic mass is 9.88. The summed E-state index contributed by atoms with van der Waals surface area (Å²) in [7, 11) is 0. The van der Waals surface area contributed by atoms with Gasteiger partial charge in [-0.2, -0.15) is 5.10 Å². The van der Waals surface area contributed by atoms with Crippen molar-refractivity contribution in [3.63, 3.8) is 0 Å². The van der Waals surface area contributed by atoms with Crippen LogP contribution in [-0.2, 0) is 0 Å². The number of aromatic carboxylic acids is 1. The molecule has 2 aromatic rings. The molecule has 0 aliphatic carbocycles. The van der Waals surface area contributed by atoms with Crippen molar-refractivity contribution in [1.29, 1.82) is 0 Å². The van der Waals surface area contributed by atoms with Gasteiger partial charge in [-0.1, -0.05) is 13.0 Å². The van der Waals surface area contributed by atoms with Crippen molar-refractivity contribution in [1.82, 2.24) is 0 Å². The van der Waals surface area contributed by atoms with Crippen molar-refractivity contribution >= 4 is 29.1 Å². The Hall–Kier alpha value is -3.15. The van der Waals surface area contributed by atoms with E-state index in [0.717, 1.165) is 29.8 Å². The fourth-order valence-electron chi connectivity index (χ4n) is 3.71. The Balaban J connectivity index is 1.85. The number of hydrazone groups is 1. The summed E-state index contributed by atoms with van der Waals surface area (Å²) >= 11 is 0. The molecule has 0 saturated heterocycles. The Morgan fingerprint density at radius 3 is 2.59 bits per heavy atom. The first-order chi connectivity index (χ1) is 13.7. The summed E-state index contributed by atoms with van der Waals surface area (Å²) in [5, 5.41) is 13.0. The van der Waals surface area contributed by atoms with Crippen LogP contribution in [0.3, 0.4) is 0 Å². The van der Waals surface area contributed by atoms with Gasteiger partial charge in [0.25, 0.3) is 0 Å². The molecule has 2 N–H and O–H groups in total.